The van der Waals surface area contributed by atoms with Gasteiger partial charge in [0.05, 0.1) is 12.7 Å². The summed E-state index contributed by atoms with van der Waals surface area (Å²) in [6.45, 7) is 0.494. The topological polar surface area (TPSA) is 58.6 Å². The number of ether oxygens (including phenoxy) is 1. The van der Waals surface area contributed by atoms with E-state index in [4.69, 9.17) is 9.84 Å². The Morgan fingerprint density at radius 1 is 1.48 bits per heavy atom. The van der Waals surface area contributed by atoms with Gasteiger partial charge in [-0.05, 0) is 30.5 Å². The van der Waals surface area contributed by atoms with Crippen LogP contribution < -0.4 is 10.1 Å². The predicted molar refractivity (Wildman–Crippen MR) is 81.2 cm³/mol. The molecule has 0 heterocycles. The molecule has 1 aromatic carbocycles. The number of amides is 1. The molecule has 4 nitrogen and oxygen atoms in total. The van der Waals surface area contributed by atoms with E-state index < -0.39 is 0 Å². The third-order valence-corrected chi connectivity index (χ3v) is 3.83. The molecular formula is C17H21NO3. The minimum atomic E-state index is -0.221. The van der Waals surface area contributed by atoms with Crippen LogP contribution in [-0.4, -0.2) is 31.3 Å². The molecule has 4 heteroatoms. The smallest absolute Gasteiger partial charge is 0.251 e. The van der Waals surface area contributed by atoms with Crippen LogP contribution in [0.5, 0.6) is 5.75 Å². The van der Waals surface area contributed by atoms with Crippen LogP contribution in [0.3, 0.4) is 0 Å². The summed E-state index contributed by atoms with van der Waals surface area (Å²) in [7, 11) is 1.55. The summed E-state index contributed by atoms with van der Waals surface area (Å²) < 4.78 is 5.20. The van der Waals surface area contributed by atoms with E-state index in [0.29, 0.717) is 23.4 Å². The molecular weight excluding hydrogens is 266 g/mol. The number of carbonyl (C=O) groups is 1. The molecule has 1 fully saturated rings. The molecule has 0 atom stereocenters. The summed E-state index contributed by atoms with van der Waals surface area (Å²) in [5, 5.41) is 11.7. The van der Waals surface area contributed by atoms with Crippen LogP contribution in [0.4, 0.5) is 0 Å². The molecule has 21 heavy (non-hydrogen) atoms. The maximum atomic E-state index is 12.1. The number of nitrogens with one attached hydrogen (secondary N) is 1. The Balaban J connectivity index is 1.98. The molecule has 0 aromatic heterocycles. The molecule has 0 saturated heterocycles. The van der Waals surface area contributed by atoms with Gasteiger partial charge in [-0.25, -0.2) is 0 Å². The molecule has 0 radical (unpaired) electrons. The number of hydrogen-bond donors (Lipinski definition) is 2. The van der Waals surface area contributed by atoms with Gasteiger partial charge >= 0.3 is 0 Å². The molecule has 1 aromatic rings. The number of aliphatic hydroxyl groups is 1. The fourth-order valence-electron chi connectivity index (χ4n) is 2.36. The Hall–Kier alpha value is -1.99. The average Bonchev–Trinajstić information content (AvgIpc) is 2.47. The summed E-state index contributed by atoms with van der Waals surface area (Å²) in [4.78, 5) is 12.1. The van der Waals surface area contributed by atoms with E-state index in [1.807, 2.05) is 0 Å². The van der Waals surface area contributed by atoms with E-state index in [0.717, 1.165) is 12.3 Å². The lowest BCUT2D eigenvalue weighted by Gasteiger charge is -2.25. The maximum absolute atomic E-state index is 12.1. The summed E-state index contributed by atoms with van der Waals surface area (Å²) in [5.41, 5.74) is 1.17. The first-order chi connectivity index (χ1) is 10.2. The van der Waals surface area contributed by atoms with Gasteiger partial charge in [0.15, 0.2) is 0 Å². The largest absolute Gasteiger partial charge is 0.495 e. The van der Waals surface area contributed by atoms with Crippen molar-refractivity contribution >= 4 is 5.91 Å². The van der Waals surface area contributed by atoms with Gasteiger partial charge in [-0.2, -0.15) is 0 Å². The van der Waals surface area contributed by atoms with Crippen LogP contribution in [0, 0.1) is 17.8 Å². The van der Waals surface area contributed by atoms with E-state index in [1.165, 1.54) is 19.3 Å². The quantitative estimate of drug-likeness (QED) is 0.814. The molecule has 1 aliphatic rings. The zero-order valence-corrected chi connectivity index (χ0v) is 12.3. The van der Waals surface area contributed by atoms with Crippen molar-refractivity contribution in [2.24, 2.45) is 5.92 Å². The Labute approximate surface area is 125 Å². The minimum absolute atomic E-state index is 0.0935. The molecule has 2 N–H and O–H groups in total. The van der Waals surface area contributed by atoms with E-state index in [2.05, 4.69) is 17.2 Å². The van der Waals surface area contributed by atoms with Crippen LogP contribution in [-0.2, 0) is 0 Å². The Kier molecular flexibility index (Phi) is 5.65. The molecule has 112 valence electrons. The van der Waals surface area contributed by atoms with E-state index in [1.54, 1.807) is 25.3 Å². The second kappa shape index (κ2) is 7.70. The molecule has 0 unspecified atom stereocenters. The van der Waals surface area contributed by atoms with Crippen molar-refractivity contribution in [1.82, 2.24) is 5.32 Å². The lowest BCUT2D eigenvalue weighted by atomic mass is 9.83. The van der Waals surface area contributed by atoms with Crippen LogP contribution in [0.25, 0.3) is 0 Å². The van der Waals surface area contributed by atoms with Gasteiger partial charge in [-0.15, -0.1) is 0 Å². The van der Waals surface area contributed by atoms with Gasteiger partial charge < -0.3 is 15.2 Å². The number of rotatable bonds is 5. The summed E-state index contributed by atoms with van der Waals surface area (Å²) >= 11 is 0. The van der Waals surface area contributed by atoms with E-state index in [-0.39, 0.29) is 12.5 Å². The van der Waals surface area contributed by atoms with Crippen molar-refractivity contribution in [2.45, 2.75) is 25.7 Å². The fraction of sp³-hybridized carbons (Fsp3) is 0.471. The van der Waals surface area contributed by atoms with Crippen LogP contribution in [0.1, 0.15) is 41.6 Å². The number of aliphatic hydroxyl groups excluding tert-OH is 1. The third-order valence-electron chi connectivity index (χ3n) is 3.83. The van der Waals surface area contributed by atoms with Gasteiger partial charge in [-0.3, -0.25) is 4.79 Å². The predicted octanol–water partition coefficient (Wildman–Crippen LogP) is 1.96. The molecule has 0 aliphatic heterocycles. The second-order valence-corrected chi connectivity index (χ2v) is 5.22. The lowest BCUT2D eigenvalue weighted by Crippen LogP contribution is -2.27. The highest BCUT2D eigenvalue weighted by Gasteiger charge is 2.17. The number of methoxy groups -OCH3 is 1. The first kappa shape index (κ1) is 15.4. The molecule has 0 spiro atoms. The zero-order valence-electron chi connectivity index (χ0n) is 12.3. The molecule has 1 saturated carbocycles. The normalized spacial score (nSPS) is 13.8. The van der Waals surface area contributed by atoms with Crippen molar-refractivity contribution in [3.63, 3.8) is 0 Å². The van der Waals surface area contributed by atoms with Gasteiger partial charge in [-0.1, -0.05) is 31.1 Å². The van der Waals surface area contributed by atoms with Crippen molar-refractivity contribution in [2.75, 3.05) is 20.3 Å². The Bertz CT molecular complexity index is 553. The zero-order chi connectivity index (χ0) is 15.1. The van der Waals surface area contributed by atoms with Crippen LogP contribution in [0.15, 0.2) is 18.2 Å². The first-order valence-corrected chi connectivity index (χ1v) is 7.30. The Morgan fingerprint density at radius 2 is 2.29 bits per heavy atom. The van der Waals surface area contributed by atoms with Crippen LogP contribution >= 0.6 is 0 Å². The first-order valence-electron chi connectivity index (χ1n) is 7.30. The highest BCUT2D eigenvalue weighted by atomic mass is 16.5. The fourth-order valence-corrected chi connectivity index (χ4v) is 2.36. The monoisotopic (exact) mass is 287 g/mol. The standard InChI is InChI=1S/C17H21NO3/c1-21-16-8-7-15(12-14(16)6-3-11-19)17(20)18-10-9-13-4-2-5-13/h7-8,12-13,19H,2,4-5,9-11H2,1H3,(H,18,20). The van der Waals surface area contributed by atoms with Crippen molar-refractivity contribution in [3.05, 3.63) is 29.3 Å². The van der Waals surface area contributed by atoms with Gasteiger partial charge in [0, 0.05) is 12.1 Å². The number of carbonyl (C=O) groups excluding carboxylic acids is 1. The molecule has 1 amide bonds. The molecule has 0 bridgehead atoms. The number of benzene rings is 1. The highest BCUT2D eigenvalue weighted by Crippen LogP contribution is 2.28. The average molecular weight is 287 g/mol. The highest BCUT2D eigenvalue weighted by molar-refractivity contribution is 5.94. The van der Waals surface area contributed by atoms with Gasteiger partial charge in [0.25, 0.3) is 5.91 Å². The summed E-state index contributed by atoms with van der Waals surface area (Å²) in [6, 6.07) is 5.14. The minimum Gasteiger partial charge on any atom is -0.495 e. The summed E-state index contributed by atoms with van der Waals surface area (Å²) in [5.74, 6) is 6.66. The maximum Gasteiger partial charge on any atom is 0.251 e. The molecule has 2 rings (SSSR count). The molecule has 1 aliphatic carbocycles. The van der Waals surface area contributed by atoms with Crippen molar-refractivity contribution < 1.29 is 14.6 Å². The SMILES string of the molecule is COc1ccc(C(=O)NCCC2CCC2)cc1C#CCO. The van der Waals surface area contributed by atoms with Crippen molar-refractivity contribution in [1.29, 1.82) is 0 Å². The van der Waals surface area contributed by atoms with Gasteiger partial charge in [0.1, 0.15) is 12.4 Å². The van der Waals surface area contributed by atoms with E-state index in [9.17, 15) is 4.79 Å². The van der Waals surface area contributed by atoms with E-state index >= 15 is 0 Å². The number of hydrogen-bond acceptors (Lipinski definition) is 3. The lowest BCUT2D eigenvalue weighted by molar-refractivity contribution is 0.0949. The third kappa shape index (κ3) is 4.24. The van der Waals surface area contributed by atoms with Crippen LogP contribution in [0.2, 0.25) is 0 Å². The van der Waals surface area contributed by atoms with Gasteiger partial charge in [0.2, 0.25) is 0 Å². The second-order valence-electron chi connectivity index (χ2n) is 5.22. The Morgan fingerprint density at radius 3 is 2.90 bits per heavy atom. The van der Waals surface area contributed by atoms with Crippen molar-refractivity contribution in [3.8, 4) is 17.6 Å². The summed E-state index contributed by atoms with van der Waals surface area (Å²) in [6.07, 6.45) is 4.96.